The van der Waals surface area contributed by atoms with Crippen molar-refractivity contribution in [3.05, 3.63) is 120 Å². The maximum atomic E-state index is 15.6. The molecule has 0 radical (unpaired) electrons. The average Bonchev–Trinajstić information content (AvgIpc) is 3.39. The number of carbonyl (C=O) groups is 2. The van der Waals surface area contributed by atoms with Crippen molar-refractivity contribution in [3.63, 3.8) is 0 Å². The highest BCUT2D eigenvalue weighted by atomic mass is 16.7. The molecule has 394 valence electrons. The molecule has 2 N–H and O–H groups in total. The van der Waals surface area contributed by atoms with E-state index < -0.39 is 23.3 Å². The van der Waals surface area contributed by atoms with E-state index >= 15 is 4.79 Å². The Labute approximate surface area is 435 Å². The highest BCUT2D eigenvalue weighted by Gasteiger charge is 2.65. The Morgan fingerprint density at radius 1 is 0.863 bits per heavy atom. The van der Waals surface area contributed by atoms with Crippen molar-refractivity contribution in [1.29, 1.82) is 0 Å². The summed E-state index contributed by atoms with van der Waals surface area (Å²) in [5, 5.41) is 27.5. The third kappa shape index (κ3) is 13.6. The number of hydrogen-bond donors (Lipinski definition) is 2. The van der Waals surface area contributed by atoms with Crippen LogP contribution in [0.4, 0.5) is 0 Å². The van der Waals surface area contributed by atoms with Crippen LogP contribution < -0.4 is 14.2 Å². The Kier molecular flexibility index (Phi) is 20.2. The number of benzene rings is 4. The minimum atomic E-state index is -1.42. The lowest BCUT2D eigenvalue weighted by molar-refractivity contribution is -0.258. The van der Waals surface area contributed by atoms with Crippen LogP contribution >= 0.6 is 0 Å². The molecule has 11 heteroatoms. The number of ether oxygens (including phenoxy) is 4. The Morgan fingerprint density at radius 3 is 2.27 bits per heavy atom. The number of carbonyl (C=O) groups excluding carboxylic acids is 2. The van der Waals surface area contributed by atoms with Crippen LogP contribution in [-0.2, 0) is 20.9 Å². The number of aldehydes is 1. The first kappa shape index (κ1) is 55.3. The van der Waals surface area contributed by atoms with Crippen LogP contribution in [0.1, 0.15) is 164 Å². The SMILES string of the molecule is C=CCO[C@@]12Oc3ccc(Oc4ccc(OC)c(C=O)c4)cc3[C@H]3[C@H](CCCCO)[C@@H](CCCCO)C=C(C(=NOC(C)(C)C)C[C@@H]1N(Cc1cccc4ccccc14)C(=O)CCCCCCCCCCC)[C@H]32. The van der Waals surface area contributed by atoms with Crippen LogP contribution in [0.25, 0.3) is 10.8 Å². The van der Waals surface area contributed by atoms with Gasteiger partial charge in [0, 0.05) is 44.1 Å². The highest BCUT2D eigenvalue weighted by Crippen LogP contribution is 2.62. The molecular weight excluding hydrogens is 917 g/mol. The van der Waals surface area contributed by atoms with Crippen LogP contribution in [0.5, 0.6) is 23.0 Å². The quantitative estimate of drug-likeness (QED) is 0.0236. The summed E-state index contributed by atoms with van der Waals surface area (Å²) in [4.78, 5) is 36.1. The number of unbranched alkanes of at least 4 members (excludes halogenated alkanes) is 10. The van der Waals surface area contributed by atoms with Gasteiger partial charge in [-0.25, -0.2) is 0 Å². The van der Waals surface area contributed by atoms with Gasteiger partial charge in [0.15, 0.2) is 6.29 Å². The number of nitrogens with zero attached hydrogens (tertiary/aromatic N) is 2. The van der Waals surface area contributed by atoms with Gasteiger partial charge in [-0.3, -0.25) is 9.59 Å². The van der Waals surface area contributed by atoms with Gasteiger partial charge in [-0.15, -0.1) is 6.58 Å². The molecule has 73 heavy (non-hydrogen) atoms. The second-order valence-corrected chi connectivity index (χ2v) is 21.3. The van der Waals surface area contributed by atoms with Crippen molar-refractivity contribution in [3.8, 4) is 23.0 Å². The molecule has 1 aliphatic heterocycles. The lowest BCUT2D eigenvalue weighted by Crippen LogP contribution is -2.70. The smallest absolute Gasteiger partial charge is 0.239 e. The number of aliphatic hydroxyl groups is 2. The molecule has 0 saturated heterocycles. The molecule has 1 amide bonds. The van der Waals surface area contributed by atoms with E-state index in [4.69, 9.17) is 28.9 Å². The summed E-state index contributed by atoms with van der Waals surface area (Å²) in [5.74, 6) is 0.113. The standard InChI is InChI=1S/C62H82N2O9/c1-7-9-10-11-12-13-14-15-16-30-58(68)64(42-46-27-23-26-44-24-17-18-28-50(44)46)57-41-54(63-73-61(3,4)5)52-39-45(25-19-21-35-65)51(29-20-22-36-66)59-53-40-49(71-48-31-33-55(69-6)47(38-48)43-67)32-34-56(53)72-62(57,60(52)59)70-37-8-2/h8,17-18,23-24,26-28,31-34,38-40,43,45,51,57,59-60,65-66H,2,7,9-16,19-22,25,29-30,35-37,41-42H2,1,3-6H3/t45-,51+,57-,59+,60+,62+/m0/s1. The first-order valence-corrected chi connectivity index (χ1v) is 27.3. The molecule has 1 heterocycles. The summed E-state index contributed by atoms with van der Waals surface area (Å²) in [6.45, 7) is 13.0. The Morgan fingerprint density at radius 2 is 1.56 bits per heavy atom. The van der Waals surface area contributed by atoms with Crippen LogP contribution in [0.3, 0.4) is 0 Å². The summed E-state index contributed by atoms with van der Waals surface area (Å²) < 4.78 is 27.0. The topological polar surface area (TPSA) is 136 Å². The number of hydrogen-bond acceptors (Lipinski definition) is 10. The highest BCUT2D eigenvalue weighted by molar-refractivity contribution is 6.03. The van der Waals surface area contributed by atoms with Gasteiger partial charge in [0.2, 0.25) is 11.7 Å². The lowest BCUT2D eigenvalue weighted by atomic mass is 9.55. The Hall–Kier alpha value is -5.49. The monoisotopic (exact) mass is 999 g/mol. The van der Waals surface area contributed by atoms with Crippen molar-refractivity contribution >= 4 is 28.7 Å². The molecule has 4 aromatic rings. The third-order valence-electron chi connectivity index (χ3n) is 15.0. The zero-order valence-electron chi connectivity index (χ0n) is 44.3. The molecule has 7 rings (SSSR count). The zero-order chi connectivity index (χ0) is 51.8. The number of oxime groups is 1. The van der Waals surface area contributed by atoms with E-state index in [1.54, 1.807) is 24.3 Å². The predicted molar refractivity (Wildman–Crippen MR) is 291 cm³/mol. The number of methoxy groups -OCH3 is 1. The first-order valence-electron chi connectivity index (χ1n) is 27.3. The average molecular weight is 999 g/mol. The van der Waals surface area contributed by atoms with Gasteiger partial charge < -0.3 is 38.9 Å². The molecule has 0 bridgehead atoms. The van der Waals surface area contributed by atoms with Gasteiger partial charge >= 0.3 is 0 Å². The zero-order valence-corrected chi connectivity index (χ0v) is 44.3. The number of allylic oxidation sites excluding steroid dienone is 1. The molecule has 11 nitrogen and oxygen atoms in total. The molecule has 1 saturated carbocycles. The predicted octanol–water partition coefficient (Wildman–Crippen LogP) is 13.8. The van der Waals surface area contributed by atoms with Gasteiger partial charge in [0.25, 0.3) is 0 Å². The molecule has 2 aliphatic carbocycles. The summed E-state index contributed by atoms with van der Waals surface area (Å²) >= 11 is 0. The van der Waals surface area contributed by atoms with Gasteiger partial charge in [-0.05, 0) is 123 Å². The normalized spacial score (nSPS) is 21.7. The maximum Gasteiger partial charge on any atom is 0.239 e. The second kappa shape index (κ2) is 26.6. The summed E-state index contributed by atoms with van der Waals surface area (Å²) in [5.41, 5.74) is 3.46. The van der Waals surface area contributed by atoms with Crippen molar-refractivity contribution in [1.82, 2.24) is 4.90 Å². The van der Waals surface area contributed by atoms with E-state index in [0.29, 0.717) is 60.8 Å². The van der Waals surface area contributed by atoms with E-state index in [0.717, 1.165) is 84.4 Å². The fourth-order valence-electron chi connectivity index (χ4n) is 11.6. The number of fused-ring (bicyclic) bond motifs is 3. The molecule has 6 atom stereocenters. The van der Waals surface area contributed by atoms with Crippen molar-refractivity contribution in [2.24, 2.45) is 22.9 Å². The van der Waals surface area contributed by atoms with E-state index in [1.165, 1.54) is 45.6 Å². The van der Waals surface area contributed by atoms with Gasteiger partial charge in [0.1, 0.15) is 34.6 Å². The minimum Gasteiger partial charge on any atom is -0.496 e. The van der Waals surface area contributed by atoms with E-state index in [2.05, 4.69) is 62.0 Å². The van der Waals surface area contributed by atoms with Gasteiger partial charge in [0.05, 0.1) is 30.9 Å². The molecule has 0 spiro atoms. The fourth-order valence-corrected chi connectivity index (χ4v) is 11.6. The fraction of sp³-hybridized carbons (Fsp3) is 0.532. The summed E-state index contributed by atoms with van der Waals surface area (Å²) in [6.07, 6.45) is 20.4. The molecule has 0 aromatic heterocycles. The molecule has 4 aromatic carbocycles. The Balaban J connectivity index is 1.41. The van der Waals surface area contributed by atoms with E-state index in [-0.39, 0.29) is 43.5 Å². The second-order valence-electron chi connectivity index (χ2n) is 21.3. The van der Waals surface area contributed by atoms with Gasteiger partial charge in [-0.2, -0.15) is 0 Å². The lowest BCUT2D eigenvalue weighted by Gasteiger charge is -2.60. The summed E-state index contributed by atoms with van der Waals surface area (Å²) in [6, 6.07) is 25.1. The van der Waals surface area contributed by atoms with E-state index in [9.17, 15) is 15.0 Å². The number of amides is 1. The maximum absolute atomic E-state index is 15.6. The third-order valence-corrected chi connectivity index (χ3v) is 15.0. The summed E-state index contributed by atoms with van der Waals surface area (Å²) in [7, 11) is 1.53. The van der Waals surface area contributed by atoms with Crippen LogP contribution in [-0.4, -0.2) is 77.4 Å². The van der Waals surface area contributed by atoms with Crippen LogP contribution in [0, 0.1) is 17.8 Å². The van der Waals surface area contributed by atoms with Crippen molar-refractivity contribution in [2.75, 3.05) is 26.9 Å². The first-order chi connectivity index (χ1) is 35.5. The molecule has 0 unspecified atom stereocenters. The van der Waals surface area contributed by atoms with Gasteiger partial charge in [-0.1, -0.05) is 131 Å². The largest absolute Gasteiger partial charge is 0.496 e. The Bertz CT molecular complexity index is 2510. The van der Waals surface area contributed by atoms with Crippen molar-refractivity contribution in [2.45, 2.75) is 167 Å². The molecular formula is C62H82N2O9. The minimum absolute atomic E-state index is 0.0268. The van der Waals surface area contributed by atoms with Crippen molar-refractivity contribution < 1.29 is 43.6 Å². The number of rotatable bonds is 29. The van der Waals surface area contributed by atoms with Crippen LogP contribution in [0.2, 0.25) is 0 Å². The van der Waals surface area contributed by atoms with Crippen LogP contribution in [0.15, 0.2) is 108 Å². The molecule has 3 aliphatic rings. The molecule has 1 fully saturated rings. The number of aliphatic hydroxyl groups excluding tert-OH is 2. The van der Waals surface area contributed by atoms with E-state index in [1.807, 2.05) is 43.9 Å².